The predicted molar refractivity (Wildman–Crippen MR) is 87.1 cm³/mol. The SMILES string of the molecule is [C-]#[N+]c1c(N)cccc1OCC(C)(C)Nc1ncc(C)cn1. The van der Waals surface area contributed by atoms with Gasteiger partial charge in [0.2, 0.25) is 11.6 Å². The van der Waals surface area contributed by atoms with Gasteiger partial charge >= 0.3 is 0 Å². The van der Waals surface area contributed by atoms with Gasteiger partial charge in [-0.2, -0.15) is 0 Å². The molecule has 0 aliphatic heterocycles. The molecule has 0 unspecified atom stereocenters. The molecule has 0 atom stereocenters. The maximum atomic E-state index is 7.19. The van der Waals surface area contributed by atoms with Gasteiger partial charge in [-0.15, -0.1) is 0 Å². The van der Waals surface area contributed by atoms with Gasteiger partial charge in [0.25, 0.3) is 0 Å². The lowest BCUT2D eigenvalue weighted by Crippen LogP contribution is -2.38. The number of ether oxygens (including phenoxy) is 1. The van der Waals surface area contributed by atoms with Crippen molar-refractivity contribution >= 4 is 17.3 Å². The summed E-state index contributed by atoms with van der Waals surface area (Å²) in [5, 5.41) is 3.21. The van der Waals surface area contributed by atoms with Crippen LogP contribution in [0.3, 0.4) is 0 Å². The number of para-hydroxylation sites is 1. The van der Waals surface area contributed by atoms with Gasteiger partial charge in [0.1, 0.15) is 12.4 Å². The Hall–Kier alpha value is -2.81. The second-order valence-electron chi connectivity index (χ2n) is 5.69. The van der Waals surface area contributed by atoms with Crippen molar-refractivity contribution in [2.75, 3.05) is 17.7 Å². The first kappa shape index (κ1) is 15.6. The third-order valence-corrected chi connectivity index (χ3v) is 2.96. The summed E-state index contributed by atoms with van der Waals surface area (Å²) < 4.78 is 5.76. The fourth-order valence-electron chi connectivity index (χ4n) is 1.83. The summed E-state index contributed by atoms with van der Waals surface area (Å²) in [5.74, 6) is 1.02. The van der Waals surface area contributed by atoms with Crippen molar-refractivity contribution in [3.05, 3.63) is 47.6 Å². The zero-order valence-corrected chi connectivity index (χ0v) is 12.9. The molecule has 0 fully saturated rings. The molecule has 6 heteroatoms. The highest BCUT2D eigenvalue weighted by atomic mass is 16.5. The molecule has 0 amide bonds. The van der Waals surface area contributed by atoms with Crippen LogP contribution in [0.4, 0.5) is 17.3 Å². The molecule has 0 bridgehead atoms. The molecule has 0 saturated heterocycles. The molecule has 0 aliphatic carbocycles. The van der Waals surface area contributed by atoms with E-state index in [-0.39, 0.29) is 0 Å². The first-order valence-corrected chi connectivity index (χ1v) is 6.87. The highest BCUT2D eigenvalue weighted by Gasteiger charge is 2.21. The highest BCUT2D eigenvalue weighted by molar-refractivity contribution is 5.74. The van der Waals surface area contributed by atoms with E-state index in [1.54, 1.807) is 30.6 Å². The molecule has 0 saturated carbocycles. The lowest BCUT2D eigenvalue weighted by Gasteiger charge is -2.26. The number of nitrogens with two attached hydrogens (primary N) is 1. The van der Waals surface area contributed by atoms with E-state index in [4.69, 9.17) is 17.0 Å². The van der Waals surface area contributed by atoms with E-state index in [0.717, 1.165) is 5.56 Å². The monoisotopic (exact) mass is 297 g/mol. The number of nitrogens with one attached hydrogen (secondary N) is 1. The maximum Gasteiger partial charge on any atom is 0.250 e. The Morgan fingerprint density at radius 1 is 1.32 bits per heavy atom. The molecule has 114 valence electrons. The zero-order chi connectivity index (χ0) is 16.2. The van der Waals surface area contributed by atoms with Gasteiger partial charge in [-0.25, -0.2) is 14.8 Å². The Labute approximate surface area is 130 Å². The Morgan fingerprint density at radius 2 is 2.00 bits per heavy atom. The molecule has 0 aliphatic rings. The standard InChI is InChI=1S/C16H19N5O/c1-11-8-19-15(20-9-11)21-16(2,3)10-22-13-7-5-6-12(17)14(13)18-4/h5-9H,10,17H2,1-3H3,(H,19,20,21). The third kappa shape index (κ3) is 3.85. The Morgan fingerprint density at radius 3 is 2.64 bits per heavy atom. The van der Waals surface area contributed by atoms with Crippen LogP contribution in [-0.2, 0) is 0 Å². The Bertz CT molecular complexity index is 689. The molecule has 0 radical (unpaired) electrons. The number of benzene rings is 1. The van der Waals surface area contributed by atoms with Crippen molar-refractivity contribution in [2.24, 2.45) is 0 Å². The average molecular weight is 297 g/mol. The molecular formula is C16H19N5O. The van der Waals surface area contributed by atoms with Crippen LogP contribution >= 0.6 is 0 Å². The van der Waals surface area contributed by atoms with Crippen LogP contribution in [0.5, 0.6) is 5.75 Å². The number of anilines is 2. The minimum absolute atomic E-state index is 0.338. The van der Waals surface area contributed by atoms with E-state index in [9.17, 15) is 0 Å². The minimum Gasteiger partial charge on any atom is -0.502 e. The molecule has 22 heavy (non-hydrogen) atoms. The number of rotatable bonds is 5. The quantitative estimate of drug-likeness (QED) is 0.654. The van der Waals surface area contributed by atoms with Crippen LogP contribution in [0.25, 0.3) is 4.85 Å². The Balaban J connectivity index is 2.05. The summed E-state index contributed by atoms with van der Waals surface area (Å²) in [6.45, 7) is 13.4. The van der Waals surface area contributed by atoms with Crippen LogP contribution in [0.15, 0.2) is 30.6 Å². The molecule has 3 N–H and O–H groups in total. The smallest absolute Gasteiger partial charge is 0.250 e. The van der Waals surface area contributed by atoms with Gasteiger partial charge in [0.15, 0.2) is 0 Å². The van der Waals surface area contributed by atoms with Crippen LogP contribution in [0, 0.1) is 13.5 Å². The molecule has 1 aromatic carbocycles. The van der Waals surface area contributed by atoms with E-state index in [1.165, 1.54) is 0 Å². The molecule has 2 rings (SSSR count). The number of nitrogen functional groups attached to an aromatic ring is 1. The van der Waals surface area contributed by atoms with Crippen molar-refractivity contribution in [2.45, 2.75) is 26.3 Å². The summed E-state index contributed by atoms with van der Waals surface area (Å²) in [6, 6.07) is 5.19. The molecule has 6 nitrogen and oxygen atoms in total. The molecular weight excluding hydrogens is 278 g/mol. The number of hydrogen-bond acceptors (Lipinski definition) is 5. The summed E-state index contributed by atoms with van der Waals surface area (Å²) >= 11 is 0. The number of aromatic nitrogens is 2. The number of nitrogens with zero attached hydrogens (tertiary/aromatic N) is 3. The molecule has 2 aromatic rings. The largest absolute Gasteiger partial charge is 0.502 e. The van der Waals surface area contributed by atoms with Gasteiger partial charge in [0, 0.05) is 18.1 Å². The van der Waals surface area contributed by atoms with Crippen LogP contribution in [-0.4, -0.2) is 22.1 Å². The van der Waals surface area contributed by atoms with Crippen molar-refractivity contribution in [1.29, 1.82) is 0 Å². The zero-order valence-electron chi connectivity index (χ0n) is 12.9. The van der Waals surface area contributed by atoms with Crippen molar-refractivity contribution in [3.63, 3.8) is 0 Å². The van der Waals surface area contributed by atoms with E-state index < -0.39 is 5.54 Å². The average Bonchev–Trinajstić information content (AvgIpc) is 2.47. The minimum atomic E-state index is -0.404. The number of aryl methyl sites for hydroxylation is 1. The molecule has 1 aromatic heterocycles. The molecule has 0 spiro atoms. The second kappa shape index (κ2) is 6.31. The van der Waals surface area contributed by atoms with Crippen molar-refractivity contribution < 1.29 is 4.74 Å². The fourth-order valence-corrected chi connectivity index (χ4v) is 1.83. The van der Waals surface area contributed by atoms with Gasteiger partial charge in [-0.1, -0.05) is 6.07 Å². The lowest BCUT2D eigenvalue weighted by molar-refractivity contribution is 0.257. The first-order valence-electron chi connectivity index (χ1n) is 6.87. The van der Waals surface area contributed by atoms with Crippen LogP contribution in [0.1, 0.15) is 19.4 Å². The summed E-state index contributed by atoms with van der Waals surface area (Å²) in [6.07, 6.45) is 3.50. The lowest BCUT2D eigenvalue weighted by atomic mass is 10.1. The number of hydrogen-bond donors (Lipinski definition) is 2. The molecule has 1 heterocycles. The Kier molecular flexibility index (Phi) is 4.47. The van der Waals surface area contributed by atoms with E-state index in [0.29, 0.717) is 29.7 Å². The van der Waals surface area contributed by atoms with Gasteiger partial charge in [0.05, 0.1) is 12.1 Å². The normalized spacial score (nSPS) is 10.8. The third-order valence-electron chi connectivity index (χ3n) is 2.96. The van der Waals surface area contributed by atoms with Crippen molar-refractivity contribution in [1.82, 2.24) is 9.97 Å². The van der Waals surface area contributed by atoms with Crippen LogP contribution in [0.2, 0.25) is 0 Å². The summed E-state index contributed by atoms with van der Waals surface area (Å²) in [5.41, 5.74) is 7.13. The summed E-state index contributed by atoms with van der Waals surface area (Å²) in [7, 11) is 0. The van der Waals surface area contributed by atoms with Gasteiger partial charge < -0.3 is 15.8 Å². The van der Waals surface area contributed by atoms with E-state index in [1.807, 2.05) is 20.8 Å². The second-order valence-corrected chi connectivity index (χ2v) is 5.69. The predicted octanol–water partition coefficient (Wildman–Crippen LogP) is 3.19. The highest BCUT2D eigenvalue weighted by Crippen LogP contribution is 2.33. The first-order chi connectivity index (χ1) is 10.4. The summed E-state index contributed by atoms with van der Waals surface area (Å²) in [4.78, 5) is 11.9. The van der Waals surface area contributed by atoms with Crippen molar-refractivity contribution in [3.8, 4) is 5.75 Å². The van der Waals surface area contributed by atoms with Gasteiger partial charge in [-0.3, -0.25) is 0 Å². The van der Waals surface area contributed by atoms with E-state index >= 15 is 0 Å². The van der Waals surface area contributed by atoms with Crippen LogP contribution < -0.4 is 15.8 Å². The van der Waals surface area contributed by atoms with E-state index in [2.05, 4.69) is 20.1 Å². The van der Waals surface area contributed by atoms with Gasteiger partial charge in [-0.05, 0) is 38.5 Å². The maximum absolute atomic E-state index is 7.19. The fraction of sp³-hybridized carbons (Fsp3) is 0.312. The topological polar surface area (TPSA) is 77.4 Å².